The van der Waals surface area contributed by atoms with Gasteiger partial charge in [-0.2, -0.15) is 0 Å². The van der Waals surface area contributed by atoms with Gasteiger partial charge in [-0.25, -0.2) is 0 Å². The molecular formula is C14H20ClNO2. The highest BCUT2D eigenvalue weighted by atomic mass is 35.5. The molecule has 1 rings (SSSR count). The molecule has 1 amide bonds. The third kappa shape index (κ3) is 6.50. The van der Waals surface area contributed by atoms with Crippen LogP contribution in [0.15, 0.2) is 24.3 Å². The number of halogens is 1. The smallest absolute Gasteiger partial charge is 0.220 e. The molecule has 0 aliphatic heterocycles. The van der Waals surface area contributed by atoms with Gasteiger partial charge < -0.3 is 10.1 Å². The lowest BCUT2D eigenvalue weighted by Crippen LogP contribution is -2.24. The summed E-state index contributed by atoms with van der Waals surface area (Å²) in [5, 5.41) is 3.57. The minimum Gasteiger partial charge on any atom is -0.494 e. The van der Waals surface area contributed by atoms with E-state index in [-0.39, 0.29) is 5.91 Å². The van der Waals surface area contributed by atoms with Gasteiger partial charge in [0.15, 0.2) is 0 Å². The van der Waals surface area contributed by atoms with E-state index >= 15 is 0 Å². The van der Waals surface area contributed by atoms with Crippen molar-refractivity contribution in [3.05, 3.63) is 29.3 Å². The fourth-order valence-electron chi connectivity index (χ4n) is 1.45. The molecule has 0 radical (unpaired) electrons. The monoisotopic (exact) mass is 269 g/mol. The van der Waals surface area contributed by atoms with Crippen LogP contribution in [0.4, 0.5) is 0 Å². The molecule has 0 saturated carbocycles. The van der Waals surface area contributed by atoms with E-state index in [4.69, 9.17) is 16.3 Å². The summed E-state index contributed by atoms with van der Waals surface area (Å²) in [4.78, 5) is 11.4. The average molecular weight is 270 g/mol. The minimum atomic E-state index is 0.100. The van der Waals surface area contributed by atoms with Crippen LogP contribution in [0.2, 0.25) is 5.02 Å². The number of rotatable bonds is 8. The number of carbonyl (C=O) groups is 1. The standard InChI is InChI=1S/C14H20ClNO2/c1-2-3-10-16-14(17)5-4-11-18-13-8-6-12(15)7-9-13/h6-9H,2-5,10-11H2,1H3,(H,16,17). The van der Waals surface area contributed by atoms with E-state index in [1.54, 1.807) is 12.1 Å². The molecule has 0 fully saturated rings. The van der Waals surface area contributed by atoms with E-state index in [1.807, 2.05) is 12.1 Å². The Kier molecular flexibility index (Phi) is 7.26. The Balaban J connectivity index is 2.07. The highest BCUT2D eigenvalue weighted by molar-refractivity contribution is 6.30. The Hall–Kier alpha value is -1.22. The number of amides is 1. The van der Waals surface area contributed by atoms with Crippen molar-refractivity contribution >= 4 is 17.5 Å². The van der Waals surface area contributed by atoms with Crippen LogP contribution in [-0.2, 0) is 4.79 Å². The largest absolute Gasteiger partial charge is 0.494 e. The lowest BCUT2D eigenvalue weighted by molar-refractivity contribution is -0.121. The van der Waals surface area contributed by atoms with Gasteiger partial charge >= 0.3 is 0 Å². The average Bonchev–Trinajstić information content (AvgIpc) is 2.37. The lowest BCUT2D eigenvalue weighted by atomic mass is 10.3. The van der Waals surface area contributed by atoms with Crippen molar-refractivity contribution < 1.29 is 9.53 Å². The van der Waals surface area contributed by atoms with Crippen LogP contribution >= 0.6 is 11.6 Å². The second kappa shape index (κ2) is 8.81. The van der Waals surface area contributed by atoms with Crippen molar-refractivity contribution in [3.63, 3.8) is 0 Å². The van der Waals surface area contributed by atoms with Gasteiger partial charge in [-0.3, -0.25) is 4.79 Å². The molecule has 0 aliphatic rings. The van der Waals surface area contributed by atoms with Crippen molar-refractivity contribution in [1.29, 1.82) is 0 Å². The Labute approximate surface area is 113 Å². The predicted octanol–water partition coefficient (Wildman–Crippen LogP) is 3.42. The summed E-state index contributed by atoms with van der Waals surface area (Å²) < 4.78 is 5.50. The summed E-state index contributed by atoms with van der Waals surface area (Å²) in [6.45, 7) is 3.42. The Morgan fingerprint density at radius 2 is 2.00 bits per heavy atom. The Bertz CT molecular complexity index is 351. The fraction of sp³-hybridized carbons (Fsp3) is 0.500. The first kappa shape index (κ1) is 14.8. The number of hydrogen-bond acceptors (Lipinski definition) is 2. The SMILES string of the molecule is CCCCNC(=O)CCCOc1ccc(Cl)cc1. The molecule has 1 aromatic rings. The van der Waals surface area contributed by atoms with E-state index in [2.05, 4.69) is 12.2 Å². The van der Waals surface area contributed by atoms with Gasteiger partial charge in [-0.05, 0) is 37.1 Å². The molecule has 3 nitrogen and oxygen atoms in total. The molecule has 0 heterocycles. The van der Waals surface area contributed by atoms with Crippen LogP contribution in [-0.4, -0.2) is 19.1 Å². The van der Waals surface area contributed by atoms with Gasteiger partial charge in [0.25, 0.3) is 0 Å². The second-order valence-corrected chi connectivity index (χ2v) is 4.55. The molecule has 0 bridgehead atoms. The maximum absolute atomic E-state index is 11.4. The zero-order valence-electron chi connectivity index (χ0n) is 10.7. The topological polar surface area (TPSA) is 38.3 Å². The molecule has 0 saturated heterocycles. The number of nitrogens with one attached hydrogen (secondary N) is 1. The lowest BCUT2D eigenvalue weighted by Gasteiger charge is -2.06. The van der Waals surface area contributed by atoms with E-state index in [1.165, 1.54) is 0 Å². The quantitative estimate of drug-likeness (QED) is 0.735. The molecule has 18 heavy (non-hydrogen) atoms. The van der Waals surface area contributed by atoms with Gasteiger partial charge in [0.05, 0.1) is 6.61 Å². The van der Waals surface area contributed by atoms with Crippen LogP contribution < -0.4 is 10.1 Å². The summed E-state index contributed by atoms with van der Waals surface area (Å²) in [6.07, 6.45) is 3.37. The third-order valence-corrected chi connectivity index (χ3v) is 2.74. The number of unbranched alkanes of at least 4 members (excludes halogenated alkanes) is 1. The molecule has 0 atom stereocenters. The molecule has 0 unspecified atom stereocenters. The molecule has 1 aromatic carbocycles. The minimum absolute atomic E-state index is 0.100. The van der Waals surface area contributed by atoms with Gasteiger partial charge in [-0.15, -0.1) is 0 Å². The van der Waals surface area contributed by atoms with Gasteiger partial charge in [0.2, 0.25) is 5.91 Å². The van der Waals surface area contributed by atoms with Crippen molar-refractivity contribution in [2.45, 2.75) is 32.6 Å². The van der Waals surface area contributed by atoms with Crippen molar-refractivity contribution in [3.8, 4) is 5.75 Å². The molecular weight excluding hydrogens is 250 g/mol. The summed E-state index contributed by atoms with van der Waals surface area (Å²) in [5.41, 5.74) is 0. The second-order valence-electron chi connectivity index (χ2n) is 4.11. The maximum atomic E-state index is 11.4. The normalized spacial score (nSPS) is 10.1. The summed E-state index contributed by atoms with van der Waals surface area (Å²) in [6, 6.07) is 7.22. The van der Waals surface area contributed by atoms with E-state index in [9.17, 15) is 4.79 Å². The molecule has 4 heteroatoms. The van der Waals surface area contributed by atoms with E-state index < -0.39 is 0 Å². The zero-order valence-corrected chi connectivity index (χ0v) is 11.5. The first-order valence-electron chi connectivity index (χ1n) is 6.37. The van der Waals surface area contributed by atoms with Crippen LogP contribution in [0.1, 0.15) is 32.6 Å². The van der Waals surface area contributed by atoms with Gasteiger partial charge in [-0.1, -0.05) is 24.9 Å². The zero-order chi connectivity index (χ0) is 13.2. The Morgan fingerprint density at radius 1 is 1.28 bits per heavy atom. The van der Waals surface area contributed by atoms with E-state index in [0.717, 1.165) is 31.6 Å². The fourth-order valence-corrected chi connectivity index (χ4v) is 1.57. The van der Waals surface area contributed by atoms with E-state index in [0.29, 0.717) is 18.1 Å². The van der Waals surface area contributed by atoms with Crippen molar-refractivity contribution in [1.82, 2.24) is 5.32 Å². The van der Waals surface area contributed by atoms with Gasteiger partial charge in [0.1, 0.15) is 5.75 Å². The number of benzene rings is 1. The van der Waals surface area contributed by atoms with Crippen molar-refractivity contribution in [2.24, 2.45) is 0 Å². The van der Waals surface area contributed by atoms with Crippen LogP contribution in [0.5, 0.6) is 5.75 Å². The molecule has 100 valence electrons. The van der Waals surface area contributed by atoms with Gasteiger partial charge in [0, 0.05) is 18.0 Å². The molecule has 1 N–H and O–H groups in total. The number of hydrogen-bond donors (Lipinski definition) is 1. The molecule has 0 aliphatic carbocycles. The predicted molar refractivity (Wildman–Crippen MR) is 74.1 cm³/mol. The molecule has 0 spiro atoms. The van der Waals surface area contributed by atoms with Crippen molar-refractivity contribution in [2.75, 3.05) is 13.2 Å². The Morgan fingerprint density at radius 3 is 2.67 bits per heavy atom. The summed E-state index contributed by atoms with van der Waals surface area (Å²) in [5.74, 6) is 0.883. The summed E-state index contributed by atoms with van der Waals surface area (Å²) >= 11 is 5.77. The highest BCUT2D eigenvalue weighted by Gasteiger charge is 2.00. The number of ether oxygens (including phenoxy) is 1. The van der Waals surface area contributed by atoms with Crippen LogP contribution in [0.25, 0.3) is 0 Å². The third-order valence-electron chi connectivity index (χ3n) is 2.48. The highest BCUT2D eigenvalue weighted by Crippen LogP contribution is 2.15. The number of carbonyl (C=O) groups excluding carboxylic acids is 1. The van der Waals surface area contributed by atoms with Crippen LogP contribution in [0.3, 0.4) is 0 Å². The first-order valence-corrected chi connectivity index (χ1v) is 6.75. The van der Waals surface area contributed by atoms with Crippen LogP contribution in [0, 0.1) is 0 Å². The maximum Gasteiger partial charge on any atom is 0.220 e. The first-order chi connectivity index (χ1) is 8.72. The summed E-state index contributed by atoms with van der Waals surface area (Å²) in [7, 11) is 0. The molecule has 0 aromatic heterocycles.